The number of furan rings is 1. The minimum Gasteiger partial charge on any atom is -0.481 e. The van der Waals surface area contributed by atoms with E-state index in [9.17, 15) is 4.79 Å². The largest absolute Gasteiger partial charge is 0.481 e. The normalized spacial score (nSPS) is 13.7. The summed E-state index contributed by atoms with van der Waals surface area (Å²) < 4.78 is 5.95. The average Bonchev–Trinajstić information content (AvgIpc) is 3.11. The van der Waals surface area contributed by atoms with Crippen LogP contribution in [0.4, 0.5) is 0 Å². The summed E-state index contributed by atoms with van der Waals surface area (Å²) in [6.45, 7) is 6.11. The van der Waals surface area contributed by atoms with E-state index in [1.54, 1.807) is 7.05 Å². The molecule has 138 valence electrons. The molecule has 2 rings (SSSR count). The molecule has 1 unspecified atom stereocenters. The van der Waals surface area contributed by atoms with E-state index in [0.717, 1.165) is 28.4 Å². The lowest BCUT2D eigenvalue weighted by molar-refractivity contribution is -0.133. The number of nitrogens with zero attached hydrogens (tertiary/aromatic N) is 2. The quantitative estimate of drug-likeness (QED) is 0.578. The third kappa shape index (κ3) is 5.33. The summed E-state index contributed by atoms with van der Waals surface area (Å²) >= 11 is 1.23. The molecule has 5 nitrogen and oxygen atoms in total. The Morgan fingerprint density at radius 3 is 2.69 bits per heavy atom. The van der Waals surface area contributed by atoms with E-state index in [2.05, 4.69) is 16.1 Å². The number of aliphatic imine (C=N–C) groups is 2. The molecule has 1 aromatic carbocycles. The van der Waals surface area contributed by atoms with Gasteiger partial charge in [0.15, 0.2) is 11.6 Å². The molecule has 0 bridgehead atoms. The number of rotatable bonds is 6. The molecule has 0 aliphatic rings. The first kappa shape index (κ1) is 20.0. The topological polar surface area (TPSA) is 75.2 Å². The number of amidine groups is 1. The molecule has 0 radical (unpaired) electrons. The predicted molar refractivity (Wildman–Crippen MR) is 108 cm³/mol. The molecule has 1 aromatic heterocycles. The highest BCUT2D eigenvalue weighted by atomic mass is 32.2. The molecule has 26 heavy (non-hydrogen) atoms. The van der Waals surface area contributed by atoms with Crippen LogP contribution in [0.3, 0.4) is 0 Å². The molecule has 0 fully saturated rings. The Hall–Kier alpha value is -2.34. The van der Waals surface area contributed by atoms with Crippen LogP contribution < -0.4 is 0 Å². The molecule has 6 heteroatoms. The van der Waals surface area contributed by atoms with Crippen molar-refractivity contribution in [1.82, 2.24) is 0 Å². The second kappa shape index (κ2) is 9.38. The molecule has 0 aliphatic carbocycles. The van der Waals surface area contributed by atoms with Gasteiger partial charge in [-0.05, 0) is 31.5 Å². The maximum Gasteiger partial charge on any atom is 0.313 e. The molecule has 0 amide bonds. The first-order valence-corrected chi connectivity index (χ1v) is 9.50. The van der Waals surface area contributed by atoms with Gasteiger partial charge in [-0.3, -0.25) is 9.79 Å². The fraction of sp³-hybridized carbons (Fsp3) is 0.350. The second-order valence-corrected chi connectivity index (χ2v) is 7.02. The third-order valence-corrected chi connectivity index (χ3v) is 5.12. The number of carbonyl (C=O) groups is 1. The Morgan fingerprint density at radius 1 is 1.31 bits per heavy atom. The minimum absolute atomic E-state index is 0.0210. The van der Waals surface area contributed by atoms with Gasteiger partial charge in [-0.2, -0.15) is 0 Å². The Bertz CT molecular complexity index is 824. The van der Waals surface area contributed by atoms with E-state index in [4.69, 9.17) is 9.52 Å². The number of carboxylic acids is 1. The van der Waals surface area contributed by atoms with Gasteiger partial charge in [0.2, 0.25) is 0 Å². The van der Waals surface area contributed by atoms with E-state index in [1.165, 1.54) is 11.8 Å². The number of aryl methyl sites for hydroxylation is 1. The van der Waals surface area contributed by atoms with Crippen molar-refractivity contribution >= 4 is 28.6 Å². The van der Waals surface area contributed by atoms with E-state index in [-0.39, 0.29) is 11.7 Å². The number of benzene rings is 1. The van der Waals surface area contributed by atoms with Gasteiger partial charge < -0.3 is 9.52 Å². The SMILES string of the molecule is CCC(C)C(=NC(=NC)c1ccc(-c2cccc(C)c2)o1)SCC(=O)O. The van der Waals surface area contributed by atoms with E-state index in [0.29, 0.717) is 11.6 Å². The highest BCUT2D eigenvalue weighted by molar-refractivity contribution is 8.14. The fourth-order valence-electron chi connectivity index (χ4n) is 2.33. The molecular weight excluding hydrogens is 348 g/mol. The first-order valence-electron chi connectivity index (χ1n) is 8.51. The third-order valence-electron chi connectivity index (χ3n) is 3.93. The van der Waals surface area contributed by atoms with Gasteiger partial charge >= 0.3 is 5.97 Å². The van der Waals surface area contributed by atoms with Crippen molar-refractivity contribution in [3.63, 3.8) is 0 Å². The first-order chi connectivity index (χ1) is 12.4. The van der Waals surface area contributed by atoms with Crippen molar-refractivity contribution < 1.29 is 14.3 Å². The predicted octanol–water partition coefficient (Wildman–Crippen LogP) is 4.89. The Morgan fingerprint density at radius 2 is 2.08 bits per heavy atom. The average molecular weight is 372 g/mol. The van der Waals surface area contributed by atoms with Crippen LogP contribution in [0.1, 0.15) is 31.6 Å². The summed E-state index contributed by atoms with van der Waals surface area (Å²) in [5.74, 6) is 1.07. The van der Waals surface area contributed by atoms with Crippen LogP contribution in [0.5, 0.6) is 0 Å². The van der Waals surface area contributed by atoms with Gasteiger partial charge in [0, 0.05) is 18.5 Å². The van der Waals surface area contributed by atoms with E-state index < -0.39 is 5.97 Å². The van der Waals surface area contributed by atoms with Gasteiger partial charge in [0.05, 0.1) is 10.8 Å². The standard InChI is InChI=1S/C20H24N2O3S/c1-5-14(3)20(26-12-18(23)24)22-19(21-4)17-10-9-16(25-17)15-8-6-7-13(2)11-15/h6-11,14H,5,12H2,1-4H3,(H,23,24). The minimum atomic E-state index is -0.860. The van der Waals surface area contributed by atoms with Crippen molar-refractivity contribution in [1.29, 1.82) is 0 Å². The lowest BCUT2D eigenvalue weighted by Gasteiger charge is -2.11. The molecule has 0 spiro atoms. The maximum atomic E-state index is 10.9. The van der Waals surface area contributed by atoms with Crippen molar-refractivity contribution in [2.75, 3.05) is 12.8 Å². The van der Waals surface area contributed by atoms with Crippen molar-refractivity contribution in [3.8, 4) is 11.3 Å². The lowest BCUT2D eigenvalue weighted by Crippen LogP contribution is -2.13. The summed E-state index contributed by atoms with van der Waals surface area (Å²) in [6, 6.07) is 11.8. The molecule has 1 N–H and O–H groups in total. The van der Waals surface area contributed by atoms with E-state index >= 15 is 0 Å². The zero-order valence-corrected chi connectivity index (χ0v) is 16.3. The molecule has 1 atom stereocenters. The highest BCUT2D eigenvalue weighted by Gasteiger charge is 2.16. The van der Waals surface area contributed by atoms with Crippen LogP contribution in [0.25, 0.3) is 11.3 Å². The zero-order valence-electron chi connectivity index (χ0n) is 15.5. The zero-order chi connectivity index (χ0) is 19.1. The van der Waals surface area contributed by atoms with Crippen LogP contribution in [0, 0.1) is 12.8 Å². The van der Waals surface area contributed by atoms with Gasteiger partial charge in [-0.25, -0.2) is 4.99 Å². The number of aliphatic carboxylic acids is 1. The Balaban J connectivity index is 2.30. The van der Waals surface area contributed by atoms with Gasteiger partial charge in [-0.15, -0.1) is 0 Å². The number of hydrogen-bond donors (Lipinski definition) is 1. The summed E-state index contributed by atoms with van der Waals surface area (Å²) in [7, 11) is 1.66. The molecular formula is C20H24N2O3S. The number of carboxylic acid groups (broad SMARTS) is 1. The van der Waals surface area contributed by atoms with Crippen LogP contribution >= 0.6 is 11.8 Å². The smallest absolute Gasteiger partial charge is 0.313 e. The Labute approximate surface area is 158 Å². The van der Waals surface area contributed by atoms with Crippen LogP contribution in [0.15, 0.2) is 50.8 Å². The number of hydrogen-bond acceptors (Lipinski definition) is 4. The summed E-state index contributed by atoms with van der Waals surface area (Å²) in [4.78, 5) is 19.7. The van der Waals surface area contributed by atoms with Crippen molar-refractivity contribution in [2.24, 2.45) is 15.9 Å². The monoisotopic (exact) mass is 372 g/mol. The van der Waals surface area contributed by atoms with Crippen molar-refractivity contribution in [2.45, 2.75) is 27.2 Å². The molecule has 0 saturated heterocycles. The summed E-state index contributed by atoms with van der Waals surface area (Å²) in [6.07, 6.45) is 0.870. The van der Waals surface area contributed by atoms with Crippen LogP contribution in [-0.4, -0.2) is 34.8 Å². The summed E-state index contributed by atoms with van der Waals surface area (Å²) in [5, 5.41) is 9.71. The molecule has 0 aliphatic heterocycles. The van der Waals surface area contributed by atoms with Crippen LogP contribution in [-0.2, 0) is 4.79 Å². The number of thioether (sulfide) groups is 1. The molecule has 2 aromatic rings. The lowest BCUT2D eigenvalue weighted by atomic mass is 10.1. The fourth-order valence-corrected chi connectivity index (χ4v) is 3.20. The molecule has 0 saturated carbocycles. The maximum absolute atomic E-state index is 10.9. The molecule has 1 heterocycles. The highest BCUT2D eigenvalue weighted by Crippen LogP contribution is 2.24. The van der Waals surface area contributed by atoms with Gasteiger partial charge in [0.1, 0.15) is 5.76 Å². The van der Waals surface area contributed by atoms with Crippen LogP contribution in [0.2, 0.25) is 0 Å². The second-order valence-electron chi connectivity index (χ2n) is 6.02. The summed E-state index contributed by atoms with van der Waals surface area (Å²) in [5.41, 5.74) is 2.16. The van der Waals surface area contributed by atoms with E-state index in [1.807, 2.05) is 51.1 Å². The van der Waals surface area contributed by atoms with Gasteiger partial charge in [0.25, 0.3) is 0 Å². The van der Waals surface area contributed by atoms with Gasteiger partial charge in [-0.1, -0.05) is 49.4 Å². The van der Waals surface area contributed by atoms with Crippen molar-refractivity contribution in [3.05, 3.63) is 47.7 Å². The Kier molecular flexibility index (Phi) is 7.21.